The Labute approximate surface area is 193 Å². The average molecular weight is 456 g/mol. The maximum atomic E-state index is 12.6. The number of aryl methyl sites for hydroxylation is 2. The van der Waals surface area contributed by atoms with E-state index >= 15 is 0 Å². The Morgan fingerprint density at radius 1 is 0.903 bits per heavy atom. The van der Waals surface area contributed by atoms with E-state index in [4.69, 9.17) is 16.6 Å². The van der Waals surface area contributed by atoms with E-state index in [1.165, 1.54) is 61.9 Å². The summed E-state index contributed by atoms with van der Waals surface area (Å²) in [5.74, 6) is -0.0798. The molecule has 0 fully saturated rings. The molecule has 0 unspecified atom stereocenters. The second-order valence-electron chi connectivity index (χ2n) is 8.26. The SMILES string of the molecule is O=C(CNc1ccc(Cl)c2ccccc12)Nc1nc2c(s1)CCCCCCCCCC2. The molecule has 1 aromatic heterocycles. The zero-order chi connectivity index (χ0) is 21.5. The molecule has 1 heterocycles. The van der Waals surface area contributed by atoms with Crippen molar-refractivity contribution in [2.45, 2.75) is 64.2 Å². The number of aromatic nitrogens is 1. The first kappa shape index (κ1) is 22.1. The van der Waals surface area contributed by atoms with Crippen molar-refractivity contribution in [3.8, 4) is 0 Å². The highest BCUT2D eigenvalue weighted by Gasteiger charge is 2.14. The van der Waals surface area contributed by atoms with E-state index in [9.17, 15) is 4.79 Å². The van der Waals surface area contributed by atoms with Gasteiger partial charge in [0.05, 0.1) is 12.2 Å². The fourth-order valence-corrected chi connectivity index (χ4v) is 5.52. The summed E-state index contributed by atoms with van der Waals surface area (Å²) in [6, 6.07) is 11.7. The molecule has 2 aromatic carbocycles. The minimum atomic E-state index is -0.0798. The molecule has 0 saturated heterocycles. The van der Waals surface area contributed by atoms with Gasteiger partial charge in [-0.2, -0.15) is 0 Å². The first-order chi connectivity index (χ1) is 15.2. The van der Waals surface area contributed by atoms with Gasteiger partial charge in [0, 0.05) is 26.4 Å². The van der Waals surface area contributed by atoms with Crippen molar-refractivity contribution in [1.82, 2.24) is 4.98 Å². The predicted molar refractivity (Wildman–Crippen MR) is 133 cm³/mol. The summed E-state index contributed by atoms with van der Waals surface area (Å²) in [6.45, 7) is 0.190. The second-order valence-corrected chi connectivity index (χ2v) is 9.75. The molecule has 31 heavy (non-hydrogen) atoms. The van der Waals surface area contributed by atoms with Crippen molar-refractivity contribution in [1.29, 1.82) is 0 Å². The Morgan fingerprint density at radius 3 is 2.35 bits per heavy atom. The summed E-state index contributed by atoms with van der Waals surface area (Å²) in [5.41, 5.74) is 2.10. The van der Waals surface area contributed by atoms with E-state index < -0.39 is 0 Å². The third-order valence-electron chi connectivity index (χ3n) is 5.90. The summed E-state index contributed by atoms with van der Waals surface area (Å²) < 4.78 is 0. The Kier molecular flexibility index (Phi) is 7.81. The van der Waals surface area contributed by atoms with Crippen LogP contribution in [0.1, 0.15) is 61.9 Å². The molecule has 4 nitrogen and oxygen atoms in total. The van der Waals surface area contributed by atoms with E-state index in [2.05, 4.69) is 10.6 Å². The monoisotopic (exact) mass is 455 g/mol. The summed E-state index contributed by atoms with van der Waals surface area (Å²) in [6.07, 6.45) is 12.5. The summed E-state index contributed by atoms with van der Waals surface area (Å²) in [7, 11) is 0. The molecule has 6 heteroatoms. The first-order valence-corrected chi connectivity index (χ1v) is 12.6. The average Bonchev–Trinajstić information content (AvgIpc) is 3.14. The van der Waals surface area contributed by atoms with Crippen LogP contribution in [0.15, 0.2) is 36.4 Å². The number of halogens is 1. The molecule has 164 valence electrons. The van der Waals surface area contributed by atoms with Crippen LogP contribution in [-0.2, 0) is 17.6 Å². The van der Waals surface area contributed by atoms with Crippen LogP contribution in [-0.4, -0.2) is 17.4 Å². The highest BCUT2D eigenvalue weighted by Crippen LogP contribution is 2.30. The van der Waals surface area contributed by atoms with Crippen LogP contribution in [0.5, 0.6) is 0 Å². The number of thiazole rings is 1. The lowest BCUT2D eigenvalue weighted by molar-refractivity contribution is -0.114. The Bertz CT molecular complexity index is 1000. The van der Waals surface area contributed by atoms with Crippen LogP contribution in [0, 0.1) is 0 Å². The molecule has 0 bridgehead atoms. The Hall–Kier alpha value is -2.11. The number of nitrogens with one attached hydrogen (secondary N) is 2. The molecule has 0 saturated carbocycles. The molecule has 0 spiro atoms. The number of nitrogens with zero attached hydrogens (tertiary/aromatic N) is 1. The second kappa shape index (κ2) is 11.0. The number of hydrogen-bond donors (Lipinski definition) is 2. The quantitative estimate of drug-likeness (QED) is 0.436. The molecule has 1 aliphatic carbocycles. The maximum Gasteiger partial charge on any atom is 0.245 e. The largest absolute Gasteiger partial charge is 0.376 e. The van der Waals surface area contributed by atoms with Crippen LogP contribution in [0.4, 0.5) is 10.8 Å². The number of anilines is 2. The van der Waals surface area contributed by atoms with E-state index in [1.54, 1.807) is 11.3 Å². The van der Waals surface area contributed by atoms with Gasteiger partial charge in [0.25, 0.3) is 0 Å². The van der Waals surface area contributed by atoms with E-state index in [-0.39, 0.29) is 12.5 Å². The lowest BCUT2D eigenvalue weighted by Crippen LogP contribution is -2.21. The van der Waals surface area contributed by atoms with Crippen molar-refractivity contribution in [3.63, 3.8) is 0 Å². The molecule has 2 N–H and O–H groups in total. The van der Waals surface area contributed by atoms with Crippen molar-refractivity contribution < 1.29 is 4.79 Å². The molecule has 1 amide bonds. The van der Waals surface area contributed by atoms with Gasteiger partial charge >= 0.3 is 0 Å². The Balaban J connectivity index is 1.39. The molecule has 1 aliphatic rings. The first-order valence-electron chi connectivity index (χ1n) is 11.4. The van der Waals surface area contributed by atoms with Crippen molar-refractivity contribution >= 4 is 50.4 Å². The number of benzene rings is 2. The Morgan fingerprint density at radius 2 is 1.58 bits per heavy atom. The third kappa shape index (κ3) is 5.98. The molecule has 0 atom stereocenters. The molecule has 0 radical (unpaired) electrons. The van der Waals surface area contributed by atoms with Crippen molar-refractivity contribution in [2.24, 2.45) is 0 Å². The number of carbonyl (C=O) groups is 1. The van der Waals surface area contributed by atoms with Crippen LogP contribution in [0.3, 0.4) is 0 Å². The van der Waals surface area contributed by atoms with Gasteiger partial charge in [-0.15, -0.1) is 11.3 Å². The molecular weight excluding hydrogens is 426 g/mol. The fraction of sp³-hybridized carbons (Fsp3) is 0.440. The number of amides is 1. The summed E-state index contributed by atoms with van der Waals surface area (Å²) in [5, 5.41) is 9.69. The van der Waals surface area contributed by atoms with Crippen LogP contribution in [0.25, 0.3) is 10.8 Å². The molecule has 0 aliphatic heterocycles. The van der Waals surface area contributed by atoms with E-state index in [0.29, 0.717) is 5.02 Å². The van der Waals surface area contributed by atoms with E-state index in [1.807, 2.05) is 36.4 Å². The van der Waals surface area contributed by atoms with Gasteiger partial charge in [-0.3, -0.25) is 4.79 Å². The normalized spacial score (nSPS) is 15.5. The van der Waals surface area contributed by atoms with Crippen LogP contribution >= 0.6 is 22.9 Å². The number of hydrogen-bond acceptors (Lipinski definition) is 4. The van der Waals surface area contributed by atoms with Crippen LogP contribution in [0.2, 0.25) is 5.02 Å². The standard InChI is InChI=1S/C25H30ClN3OS/c26-20-15-16-21(19-12-10-9-11-18(19)20)27-17-24(30)29-25-28-22-13-7-5-3-1-2-4-6-8-14-23(22)31-25/h9-12,15-16,27H,1-8,13-14,17H2,(H,28,29,30). The highest BCUT2D eigenvalue weighted by atomic mass is 35.5. The van der Waals surface area contributed by atoms with Gasteiger partial charge in [0.2, 0.25) is 5.91 Å². The third-order valence-corrected chi connectivity index (χ3v) is 7.30. The van der Waals surface area contributed by atoms with Gasteiger partial charge < -0.3 is 10.6 Å². The maximum absolute atomic E-state index is 12.6. The molecule has 3 aromatic rings. The number of rotatable bonds is 4. The number of fused-ring (bicyclic) bond motifs is 2. The van der Waals surface area contributed by atoms with Gasteiger partial charge in [-0.1, -0.05) is 74.4 Å². The van der Waals surface area contributed by atoms with Gasteiger partial charge in [-0.25, -0.2) is 4.98 Å². The van der Waals surface area contributed by atoms with Gasteiger partial charge in [0.1, 0.15) is 0 Å². The smallest absolute Gasteiger partial charge is 0.245 e. The van der Waals surface area contributed by atoms with Crippen molar-refractivity contribution in [2.75, 3.05) is 17.2 Å². The summed E-state index contributed by atoms with van der Waals surface area (Å²) in [4.78, 5) is 18.7. The zero-order valence-corrected chi connectivity index (χ0v) is 19.5. The van der Waals surface area contributed by atoms with Gasteiger partial charge in [0.15, 0.2) is 5.13 Å². The van der Waals surface area contributed by atoms with Crippen LogP contribution < -0.4 is 10.6 Å². The highest BCUT2D eigenvalue weighted by molar-refractivity contribution is 7.15. The lowest BCUT2D eigenvalue weighted by Gasteiger charge is -2.10. The number of carbonyl (C=O) groups excluding carboxylic acids is 1. The van der Waals surface area contributed by atoms with E-state index in [0.717, 1.165) is 34.4 Å². The van der Waals surface area contributed by atoms with Gasteiger partial charge in [-0.05, 0) is 37.8 Å². The fourth-order valence-electron chi connectivity index (χ4n) is 4.22. The molecule has 4 rings (SSSR count). The van der Waals surface area contributed by atoms with Crippen molar-refractivity contribution in [3.05, 3.63) is 52.0 Å². The molecular formula is C25H30ClN3OS. The summed E-state index contributed by atoms with van der Waals surface area (Å²) >= 11 is 7.95. The minimum absolute atomic E-state index is 0.0798. The lowest BCUT2D eigenvalue weighted by atomic mass is 10.0. The topological polar surface area (TPSA) is 54.0 Å². The predicted octanol–water partition coefficient (Wildman–Crippen LogP) is 7.22. The minimum Gasteiger partial charge on any atom is -0.376 e. The zero-order valence-electron chi connectivity index (χ0n) is 17.9.